The predicted molar refractivity (Wildman–Crippen MR) is 88.4 cm³/mol. The van der Waals surface area contributed by atoms with E-state index >= 15 is 0 Å². The highest BCUT2D eigenvalue weighted by Crippen LogP contribution is 2.07. The molecule has 23 heavy (non-hydrogen) atoms. The molecule has 0 aromatic heterocycles. The van der Waals surface area contributed by atoms with Crippen molar-refractivity contribution in [1.29, 1.82) is 0 Å². The van der Waals surface area contributed by atoms with Gasteiger partial charge in [-0.1, -0.05) is 20.8 Å². The number of carbonyl (C=O) groups is 2. The number of carbonyl (C=O) groups excluding carboxylic acids is 1. The monoisotopic (exact) mass is 329 g/mol. The molecule has 0 saturated carbocycles. The Balaban J connectivity index is 2.32. The first kappa shape index (κ1) is 19.9. The van der Waals surface area contributed by atoms with Crippen LogP contribution in [0.2, 0.25) is 0 Å². The lowest BCUT2D eigenvalue weighted by atomic mass is 10.2. The Labute approximate surface area is 139 Å². The van der Waals surface area contributed by atoms with E-state index < -0.39 is 5.97 Å². The minimum Gasteiger partial charge on any atom is -0.480 e. The van der Waals surface area contributed by atoms with Crippen molar-refractivity contribution in [1.82, 2.24) is 15.1 Å². The Morgan fingerprint density at radius 1 is 1.39 bits per heavy atom. The van der Waals surface area contributed by atoms with E-state index in [0.29, 0.717) is 25.6 Å². The van der Waals surface area contributed by atoms with E-state index in [1.54, 1.807) is 4.90 Å². The largest absolute Gasteiger partial charge is 0.480 e. The second kappa shape index (κ2) is 10.6. The van der Waals surface area contributed by atoms with E-state index in [0.717, 1.165) is 26.1 Å². The summed E-state index contributed by atoms with van der Waals surface area (Å²) < 4.78 is 5.69. The lowest BCUT2D eigenvalue weighted by molar-refractivity contribution is -0.138. The van der Waals surface area contributed by atoms with Gasteiger partial charge in [-0.05, 0) is 18.9 Å². The third kappa shape index (κ3) is 8.88. The van der Waals surface area contributed by atoms with Gasteiger partial charge >= 0.3 is 5.97 Å². The van der Waals surface area contributed by atoms with E-state index in [1.807, 2.05) is 6.92 Å². The Kier molecular flexibility index (Phi) is 9.13. The highest BCUT2D eigenvalue weighted by Gasteiger charge is 2.22. The van der Waals surface area contributed by atoms with Gasteiger partial charge < -0.3 is 15.2 Å². The molecule has 1 aliphatic rings. The quantitative estimate of drug-likeness (QED) is 0.598. The molecule has 1 amide bonds. The van der Waals surface area contributed by atoms with Gasteiger partial charge in [-0.15, -0.1) is 0 Å². The zero-order valence-corrected chi connectivity index (χ0v) is 14.6. The molecule has 2 N–H and O–H groups in total. The van der Waals surface area contributed by atoms with Crippen molar-refractivity contribution in [3.63, 3.8) is 0 Å². The van der Waals surface area contributed by atoms with Crippen LogP contribution >= 0.6 is 0 Å². The summed E-state index contributed by atoms with van der Waals surface area (Å²) >= 11 is 0. The summed E-state index contributed by atoms with van der Waals surface area (Å²) in [5, 5.41) is 11.7. The first-order valence-electron chi connectivity index (χ1n) is 8.45. The molecule has 0 aliphatic carbocycles. The van der Waals surface area contributed by atoms with Crippen LogP contribution in [0.25, 0.3) is 0 Å². The zero-order chi connectivity index (χ0) is 17.2. The fourth-order valence-corrected chi connectivity index (χ4v) is 2.79. The first-order chi connectivity index (χ1) is 10.9. The van der Waals surface area contributed by atoms with Crippen LogP contribution < -0.4 is 5.32 Å². The lowest BCUT2D eigenvalue weighted by Gasteiger charge is -2.34. The molecule has 7 heteroatoms. The fraction of sp³-hybridized carbons (Fsp3) is 0.875. The summed E-state index contributed by atoms with van der Waals surface area (Å²) in [6, 6.07) is 0. The van der Waals surface area contributed by atoms with E-state index in [2.05, 4.69) is 24.1 Å². The molecule has 1 fully saturated rings. The third-order valence-corrected chi connectivity index (χ3v) is 3.64. The minimum absolute atomic E-state index is 0.00514. The van der Waals surface area contributed by atoms with Crippen molar-refractivity contribution in [2.75, 3.05) is 52.4 Å². The van der Waals surface area contributed by atoms with Gasteiger partial charge in [0.05, 0.1) is 25.8 Å². The topological polar surface area (TPSA) is 82.1 Å². The van der Waals surface area contributed by atoms with Crippen molar-refractivity contribution in [2.24, 2.45) is 5.92 Å². The molecular formula is C16H31N3O4. The molecule has 1 saturated heterocycles. The summed E-state index contributed by atoms with van der Waals surface area (Å²) in [6.45, 7) is 10.9. The number of nitrogens with one attached hydrogen (secondary N) is 1. The van der Waals surface area contributed by atoms with E-state index in [4.69, 9.17) is 9.84 Å². The molecule has 1 aliphatic heterocycles. The van der Waals surface area contributed by atoms with Crippen LogP contribution in [0.5, 0.6) is 0 Å². The normalized spacial score (nSPS) is 19.3. The van der Waals surface area contributed by atoms with Crippen molar-refractivity contribution < 1.29 is 19.4 Å². The molecule has 0 spiro atoms. The number of ether oxygens (including phenoxy) is 1. The smallest absolute Gasteiger partial charge is 0.317 e. The van der Waals surface area contributed by atoms with E-state index in [-0.39, 0.29) is 25.1 Å². The highest BCUT2D eigenvalue weighted by atomic mass is 16.5. The van der Waals surface area contributed by atoms with E-state index in [1.165, 1.54) is 0 Å². The molecular weight excluding hydrogens is 298 g/mol. The number of carboxylic acids is 1. The molecule has 1 rings (SSSR count). The second-order valence-corrected chi connectivity index (χ2v) is 6.55. The Morgan fingerprint density at radius 3 is 2.74 bits per heavy atom. The van der Waals surface area contributed by atoms with Crippen molar-refractivity contribution >= 4 is 11.9 Å². The Bertz CT molecular complexity index is 376. The van der Waals surface area contributed by atoms with Crippen LogP contribution in [0.4, 0.5) is 0 Å². The average molecular weight is 329 g/mol. The number of hydrogen-bond donors (Lipinski definition) is 2. The summed E-state index contributed by atoms with van der Waals surface area (Å²) in [5.74, 6) is -0.447. The number of morpholine rings is 1. The summed E-state index contributed by atoms with van der Waals surface area (Å²) in [7, 11) is 0. The molecule has 7 nitrogen and oxygen atoms in total. The molecule has 0 bridgehead atoms. The average Bonchev–Trinajstić information content (AvgIpc) is 2.44. The van der Waals surface area contributed by atoms with Gasteiger partial charge in [0.2, 0.25) is 5.91 Å². The third-order valence-electron chi connectivity index (χ3n) is 3.64. The number of amides is 1. The SMILES string of the molecule is CCCN(CC(=O)O)CC(=O)NCC1CN(CC(C)C)CCO1. The maximum absolute atomic E-state index is 12.0. The standard InChI is InChI=1S/C16H31N3O4/c1-4-5-18(12-16(21)22)11-15(20)17-8-14-10-19(6-7-23-14)9-13(2)3/h13-14H,4-12H2,1-3H3,(H,17,20)(H,21,22). The van der Waals surface area contributed by atoms with Gasteiger partial charge in [0.15, 0.2) is 0 Å². The minimum atomic E-state index is -0.911. The number of aliphatic carboxylic acids is 1. The van der Waals surface area contributed by atoms with Gasteiger partial charge in [0.1, 0.15) is 0 Å². The molecule has 1 atom stereocenters. The predicted octanol–water partition coefficient (Wildman–Crippen LogP) is 0.256. The lowest BCUT2D eigenvalue weighted by Crippen LogP contribution is -2.49. The maximum Gasteiger partial charge on any atom is 0.317 e. The number of rotatable bonds is 10. The van der Waals surface area contributed by atoms with Crippen molar-refractivity contribution in [3.05, 3.63) is 0 Å². The van der Waals surface area contributed by atoms with Crippen LogP contribution in [0.1, 0.15) is 27.2 Å². The second-order valence-electron chi connectivity index (χ2n) is 6.55. The molecule has 1 unspecified atom stereocenters. The van der Waals surface area contributed by atoms with Gasteiger partial charge in [0, 0.05) is 26.2 Å². The van der Waals surface area contributed by atoms with Crippen LogP contribution in [0, 0.1) is 5.92 Å². The van der Waals surface area contributed by atoms with Crippen LogP contribution in [-0.2, 0) is 14.3 Å². The van der Waals surface area contributed by atoms with Gasteiger partial charge in [-0.2, -0.15) is 0 Å². The van der Waals surface area contributed by atoms with Gasteiger partial charge in [-0.3, -0.25) is 19.4 Å². The van der Waals surface area contributed by atoms with Crippen LogP contribution in [0.3, 0.4) is 0 Å². The molecule has 0 aromatic rings. The summed E-state index contributed by atoms with van der Waals surface area (Å²) in [5.41, 5.74) is 0. The number of carboxylic acid groups (broad SMARTS) is 1. The Morgan fingerprint density at radius 2 is 2.13 bits per heavy atom. The number of hydrogen-bond acceptors (Lipinski definition) is 5. The molecule has 1 heterocycles. The fourth-order valence-electron chi connectivity index (χ4n) is 2.79. The number of nitrogens with zero attached hydrogens (tertiary/aromatic N) is 2. The van der Waals surface area contributed by atoms with Crippen LogP contribution in [0.15, 0.2) is 0 Å². The van der Waals surface area contributed by atoms with Crippen molar-refractivity contribution in [3.8, 4) is 0 Å². The zero-order valence-electron chi connectivity index (χ0n) is 14.6. The molecule has 0 aromatic carbocycles. The summed E-state index contributed by atoms with van der Waals surface area (Å²) in [6.07, 6.45) is 0.821. The maximum atomic E-state index is 12.0. The highest BCUT2D eigenvalue weighted by molar-refractivity contribution is 5.79. The van der Waals surface area contributed by atoms with Gasteiger partial charge in [0.25, 0.3) is 0 Å². The Hall–Kier alpha value is -1.18. The van der Waals surface area contributed by atoms with E-state index in [9.17, 15) is 9.59 Å². The summed E-state index contributed by atoms with van der Waals surface area (Å²) in [4.78, 5) is 26.8. The van der Waals surface area contributed by atoms with Crippen molar-refractivity contribution in [2.45, 2.75) is 33.3 Å². The molecule has 0 radical (unpaired) electrons. The van der Waals surface area contributed by atoms with Crippen LogP contribution in [-0.4, -0.2) is 85.3 Å². The molecule has 134 valence electrons. The van der Waals surface area contributed by atoms with Gasteiger partial charge in [-0.25, -0.2) is 0 Å². The first-order valence-corrected chi connectivity index (χ1v) is 8.45.